The smallest absolute Gasteiger partial charge is 0.0897 e. The molecule has 0 amide bonds. The van der Waals surface area contributed by atoms with Crippen LogP contribution in [0.5, 0.6) is 0 Å². The largest absolute Gasteiger partial charge is 0.316 e. The summed E-state index contributed by atoms with van der Waals surface area (Å²) in [5, 5.41) is 3.19. The predicted octanol–water partition coefficient (Wildman–Crippen LogP) is 0.956. The van der Waals surface area contributed by atoms with Crippen molar-refractivity contribution < 1.29 is 4.39 Å². The maximum atomic E-state index is 11.6. The summed E-state index contributed by atoms with van der Waals surface area (Å²) in [5.41, 5.74) is 0. The van der Waals surface area contributed by atoms with Crippen LogP contribution in [0.25, 0.3) is 0 Å². The van der Waals surface area contributed by atoms with E-state index < -0.39 is 0 Å². The van der Waals surface area contributed by atoms with Gasteiger partial charge in [-0.2, -0.15) is 0 Å². The van der Waals surface area contributed by atoms with Crippen molar-refractivity contribution in [3.63, 3.8) is 0 Å². The molecular weight excluding hydrogens is 105 g/mol. The minimum Gasteiger partial charge on any atom is -0.316 e. The van der Waals surface area contributed by atoms with Crippen LogP contribution < -0.4 is 5.32 Å². The lowest BCUT2D eigenvalue weighted by atomic mass is 10.1. The first-order valence-corrected chi connectivity index (χ1v) is 3.20. The molecule has 0 unspecified atom stereocenters. The summed E-state index contributed by atoms with van der Waals surface area (Å²) in [6.45, 7) is 1.97. The third kappa shape index (κ3) is 1.44. The van der Waals surface area contributed by atoms with Crippen LogP contribution in [0.2, 0.25) is 0 Å². The van der Waals surface area contributed by atoms with Crippen molar-refractivity contribution >= 4 is 0 Å². The van der Waals surface area contributed by atoms with Gasteiger partial charge in [-0.3, -0.25) is 4.39 Å². The molecule has 0 aliphatic carbocycles. The second-order valence-electron chi connectivity index (χ2n) is 2.34. The van der Waals surface area contributed by atoms with Gasteiger partial charge in [0.05, 0.1) is 6.67 Å². The van der Waals surface area contributed by atoms with E-state index >= 15 is 0 Å². The van der Waals surface area contributed by atoms with Gasteiger partial charge in [-0.15, -0.1) is 0 Å². The summed E-state index contributed by atoms with van der Waals surface area (Å²) in [5.74, 6) is 0.625. The Kier molecular flexibility index (Phi) is 2.27. The molecule has 1 saturated heterocycles. The topological polar surface area (TPSA) is 12.0 Å². The average Bonchev–Trinajstić information content (AvgIpc) is 2.19. The third-order valence-electron chi connectivity index (χ3n) is 1.68. The van der Waals surface area contributed by atoms with Gasteiger partial charge in [0, 0.05) is 0 Å². The molecule has 1 atom stereocenters. The second kappa shape index (κ2) is 3.02. The van der Waals surface area contributed by atoms with E-state index in [0.29, 0.717) is 5.92 Å². The molecule has 1 rings (SSSR count). The van der Waals surface area contributed by atoms with Crippen molar-refractivity contribution in [1.82, 2.24) is 5.32 Å². The van der Waals surface area contributed by atoms with Gasteiger partial charge < -0.3 is 5.32 Å². The molecule has 8 heavy (non-hydrogen) atoms. The van der Waals surface area contributed by atoms with Gasteiger partial charge in [0.2, 0.25) is 0 Å². The molecule has 1 aliphatic heterocycles. The Balaban J connectivity index is 2.06. The van der Waals surface area contributed by atoms with Crippen LogP contribution in [0.4, 0.5) is 4.39 Å². The second-order valence-corrected chi connectivity index (χ2v) is 2.34. The fraction of sp³-hybridized carbons (Fsp3) is 1.00. The van der Waals surface area contributed by atoms with E-state index in [4.69, 9.17) is 0 Å². The Morgan fingerprint density at radius 1 is 1.62 bits per heavy atom. The standard InChI is InChI=1S/C6H12FN/c7-3-1-6-2-4-8-5-6/h6,8H,1-5H2/t6-/m0/s1. The minimum absolute atomic E-state index is 0.146. The Morgan fingerprint density at radius 2 is 2.50 bits per heavy atom. The van der Waals surface area contributed by atoms with Crippen LogP contribution in [0.3, 0.4) is 0 Å². The van der Waals surface area contributed by atoms with Crippen LogP contribution in [0.1, 0.15) is 12.8 Å². The SMILES string of the molecule is FCC[C@H]1CCNC1. The van der Waals surface area contributed by atoms with E-state index in [1.54, 1.807) is 0 Å². The highest BCUT2D eigenvalue weighted by molar-refractivity contribution is 4.69. The number of alkyl halides is 1. The van der Waals surface area contributed by atoms with Gasteiger partial charge in [0.1, 0.15) is 0 Å². The highest BCUT2D eigenvalue weighted by atomic mass is 19.1. The molecule has 2 heteroatoms. The maximum absolute atomic E-state index is 11.6. The van der Waals surface area contributed by atoms with Crippen LogP contribution in [-0.4, -0.2) is 19.8 Å². The van der Waals surface area contributed by atoms with Crippen molar-refractivity contribution in [2.45, 2.75) is 12.8 Å². The Morgan fingerprint density at radius 3 is 3.00 bits per heavy atom. The highest BCUT2D eigenvalue weighted by Gasteiger charge is 2.12. The quantitative estimate of drug-likeness (QED) is 0.568. The van der Waals surface area contributed by atoms with E-state index in [1.807, 2.05) is 0 Å². The lowest BCUT2D eigenvalue weighted by molar-refractivity contribution is 0.403. The van der Waals surface area contributed by atoms with E-state index in [1.165, 1.54) is 6.42 Å². The average molecular weight is 117 g/mol. The lowest BCUT2D eigenvalue weighted by Crippen LogP contribution is -2.09. The third-order valence-corrected chi connectivity index (χ3v) is 1.68. The Labute approximate surface area is 49.3 Å². The molecule has 48 valence electrons. The van der Waals surface area contributed by atoms with Gasteiger partial charge in [0.15, 0.2) is 0 Å². The predicted molar refractivity (Wildman–Crippen MR) is 31.6 cm³/mol. The van der Waals surface area contributed by atoms with Gasteiger partial charge in [-0.25, -0.2) is 0 Å². The molecule has 1 heterocycles. The summed E-state index contributed by atoms with van der Waals surface area (Å²) in [6.07, 6.45) is 1.93. The number of hydrogen-bond acceptors (Lipinski definition) is 1. The molecular formula is C6H12FN. The van der Waals surface area contributed by atoms with Crippen molar-refractivity contribution in [1.29, 1.82) is 0 Å². The van der Waals surface area contributed by atoms with E-state index in [2.05, 4.69) is 5.32 Å². The maximum Gasteiger partial charge on any atom is 0.0897 e. The van der Waals surface area contributed by atoms with Crippen molar-refractivity contribution in [2.75, 3.05) is 19.8 Å². The summed E-state index contributed by atoms with van der Waals surface area (Å²) in [6, 6.07) is 0. The number of rotatable bonds is 2. The summed E-state index contributed by atoms with van der Waals surface area (Å²) in [4.78, 5) is 0. The van der Waals surface area contributed by atoms with E-state index in [0.717, 1.165) is 19.5 Å². The van der Waals surface area contributed by atoms with Crippen molar-refractivity contribution in [2.24, 2.45) is 5.92 Å². The first-order valence-electron chi connectivity index (χ1n) is 3.20. The van der Waals surface area contributed by atoms with Crippen LogP contribution in [-0.2, 0) is 0 Å². The Bertz CT molecular complexity index is 59.5. The molecule has 0 spiro atoms. The summed E-state index contributed by atoms with van der Waals surface area (Å²) < 4.78 is 11.6. The summed E-state index contributed by atoms with van der Waals surface area (Å²) >= 11 is 0. The number of hydrogen-bond donors (Lipinski definition) is 1. The number of halogens is 1. The van der Waals surface area contributed by atoms with Crippen LogP contribution in [0.15, 0.2) is 0 Å². The molecule has 0 bridgehead atoms. The zero-order valence-corrected chi connectivity index (χ0v) is 4.99. The highest BCUT2D eigenvalue weighted by Crippen LogP contribution is 2.11. The first-order chi connectivity index (χ1) is 3.93. The molecule has 1 aliphatic rings. The minimum atomic E-state index is -0.146. The fourth-order valence-corrected chi connectivity index (χ4v) is 1.12. The fourth-order valence-electron chi connectivity index (χ4n) is 1.12. The Hall–Kier alpha value is -0.110. The normalized spacial score (nSPS) is 28.9. The molecule has 1 N–H and O–H groups in total. The molecule has 0 radical (unpaired) electrons. The molecule has 1 nitrogen and oxygen atoms in total. The first kappa shape index (κ1) is 6.02. The zero-order chi connectivity index (χ0) is 5.82. The molecule has 0 aromatic carbocycles. The van der Waals surface area contributed by atoms with Gasteiger partial charge in [-0.05, 0) is 31.8 Å². The van der Waals surface area contributed by atoms with Crippen molar-refractivity contribution in [3.05, 3.63) is 0 Å². The van der Waals surface area contributed by atoms with Crippen molar-refractivity contribution in [3.8, 4) is 0 Å². The lowest BCUT2D eigenvalue weighted by Gasteiger charge is -2.00. The van der Waals surface area contributed by atoms with Gasteiger partial charge >= 0.3 is 0 Å². The number of nitrogens with one attached hydrogen (secondary N) is 1. The van der Waals surface area contributed by atoms with Gasteiger partial charge in [0.25, 0.3) is 0 Å². The molecule has 0 saturated carbocycles. The van der Waals surface area contributed by atoms with Crippen LogP contribution in [0, 0.1) is 5.92 Å². The van der Waals surface area contributed by atoms with Gasteiger partial charge in [-0.1, -0.05) is 0 Å². The molecule has 0 aromatic rings. The van der Waals surface area contributed by atoms with Crippen LogP contribution >= 0.6 is 0 Å². The monoisotopic (exact) mass is 117 g/mol. The summed E-state index contributed by atoms with van der Waals surface area (Å²) in [7, 11) is 0. The van der Waals surface area contributed by atoms with E-state index in [9.17, 15) is 4.39 Å². The molecule has 0 aromatic heterocycles. The zero-order valence-electron chi connectivity index (χ0n) is 4.99. The van der Waals surface area contributed by atoms with E-state index in [-0.39, 0.29) is 6.67 Å². The molecule has 1 fully saturated rings.